The molecule has 0 aromatic carbocycles. The molecule has 1 N–H and O–H groups in total. The van der Waals surface area contributed by atoms with Crippen molar-refractivity contribution in [2.24, 2.45) is 0 Å². The fraction of sp³-hybridized carbons (Fsp3) is 0.304. The van der Waals surface area contributed by atoms with Gasteiger partial charge in [0.15, 0.2) is 0 Å². The van der Waals surface area contributed by atoms with Crippen LogP contribution in [0.5, 0.6) is 0 Å². The van der Waals surface area contributed by atoms with E-state index in [2.05, 4.69) is 15.0 Å². The molecule has 0 aliphatic heterocycles. The number of nitrogens with one attached hydrogen (secondary N) is 1. The van der Waals surface area contributed by atoms with Crippen molar-refractivity contribution in [1.82, 2.24) is 19.5 Å². The van der Waals surface area contributed by atoms with E-state index in [4.69, 9.17) is 0 Å². The Labute approximate surface area is 179 Å². The standard InChI is InChI=1S/C23H23N5O3/c1-12(2)19-20(21(29)18-9-13(3)6-15(5)25-18)28(23(31)27-22(19)30)11-17-8-14(4)7-16(10-24)26-17/h6-9,12H,11H2,1-5H3,(H,27,30,31). The van der Waals surface area contributed by atoms with Crippen LogP contribution < -0.4 is 11.2 Å². The van der Waals surface area contributed by atoms with Crippen LogP contribution >= 0.6 is 0 Å². The second-order valence-corrected chi connectivity index (χ2v) is 7.90. The van der Waals surface area contributed by atoms with E-state index in [1.807, 2.05) is 26.0 Å². The second-order valence-electron chi connectivity index (χ2n) is 7.90. The highest BCUT2D eigenvalue weighted by atomic mass is 16.2. The smallest absolute Gasteiger partial charge is 0.285 e. The van der Waals surface area contributed by atoms with E-state index in [-0.39, 0.29) is 35.1 Å². The Kier molecular flexibility index (Phi) is 5.97. The van der Waals surface area contributed by atoms with Crippen molar-refractivity contribution >= 4 is 5.78 Å². The predicted molar refractivity (Wildman–Crippen MR) is 115 cm³/mol. The third kappa shape index (κ3) is 4.51. The van der Waals surface area contributed by atoms with Gasteiger partial charge in [0.25, 0.3) is 5.56 Å². The van der Waals surface area contributed by atoms with Gasteiger partial charge >= 0.3 is 5.69 Å². The lowest BCUT2D eigenvalue weighted by Crippen LogP contribution is -2.38. The number of hydrogen-bond acceptors (Lipinski definition) is 6. The lowest BCUT2D eigenvalue weighted by molar-refractivity contribution is 0.102. The molecule has 0 saturated carbocycles. The van der Waals surface area contributed by atoms with Crippen molar-refractivity contribution in [2.75, 3.05) is 0 Å². The maximum Gasteiger partial charge on any atom is 0.329 e. The third-order valence-electron chi connectivity index (χ3n) is 4.82. The van der Waals surface area contributed by atoms with Gasteiger partial charge in [-0.05, 0) is 62.1 Å². The van der Waals surface area contributed by atoms with E-state index in [9.17, 15) is 19.6 Å². The van der Waals surface area contributed by atoms with E-state index >= 15 is 0 Å². The summed E-state index contributed by atoms with van der Waals surface area (Å²) in [4.78, 5) is 49.8. The van der Waals surface area contributed by atoms with E-state index in [0.29, 0.717) is 11.4 Å². The lowest BCUT2D eigenvalue weighted by atomic mass is 9.98. The molecule has 0 unspecified atom stereocenters. The minimum Gasteiger partial charge on any atom is -0.285 e. The van der Waals surface area contributed by atoms with Gasteiger partial charge in [0, 0.05) is 11.3 Å². The number of nitriles is 1. The average Bonchev–Trinajstić information content (AvgIpc) is 2.67. The summed E-state index contributed by atoms with van der Waals surface area (Å²) in [6.45, 7) is 8.93. The first-order valence-corrected chi connectivity index (χ1v) is 9.85. The van der Waals surface area contributed by atoms with Gasteiger partial charge in [-0.3, -0.25) is 19.1 Å². The van der Waals surface area contributed by atoms with Gasteiger partial charge in [-0.1, -0.05) is 13.8 Å². The van der Waals surface area contributed by atoms with Crippen LogP contribution in [-0.4, -0.2) is 25.3 Å². The maximum absolute atomic E-state index is 13.5. The Morgan fingerprint density at radius 1 is 1.10 bits per heavy atom. The molecular weight excluding hydrogens is 394 g/mol. The van der Waals surface area contributed by atoms with E-state index in [1.165, 1.54) is 4.57 Å². The molecule has 3 heterocycles. The molecule has 3 aromatic rings. The normalized spacial score (nSPS) is 10.9. The SMILES string of the molecule is Cc1cc(C#N)nc(Cn2c(C(=O)c3cc(C)cc(C)n3)c(C(C)C)c(=O)[nH]c2=O)c1. The highest BCUT2D eigenvalue weighted by molar-refractivity contribution is 6.07. The summed E-state index contributed by atoms with van der Waals surface area (Å²) in [6.07, 6.45) is 0. The van der Waals surface area contributed by atoms with Crippen LogP contribution in [0.25, 0.3) is 0 Å². The predicted octanol–water partition coefficient (Wildman–Crippen LogP) is 2.53. The van der Waals surface area contributed by atoms with Gasteiger partial charge in [0.05, 0.1) is 12.2 Å². The quantitative estimate of drug-likeness (QED) is 0.637. The molecule has 31 heavy (non-hydrogen) atoms. The Bertz CT molecular complexity index is 1320. The first kappa shape index (κ1) is 21.8. The largest absolute Gasteiger partial charge is 0.329 e. The summed E-state index contributed by atoms with van der Waals surface area (Å²) < 4.78 is 1.21. The average molecular weight is 417 g/mol. The summed E-state index contributed by atoms with van der Waals surface area (Å²) in [5.74, 6) is -0.826. The summed E-state index contributed by atoms with van der Waals surface area (Å²) in [7, 11) is 0. The molecule has 0 aliphatic carbocycles. The van der Waals surface area contributed by atoms with E-state index in [0.717, 1.165) is 11.1 Å². The van der Waals surface area contributed by atoms with Crippen LogP contribution in [0.1, 0.15) is 69.7 Å². The highest BCUT2D eigenvalue weighted by Crippen LogP contribution is 2.19. The van der Waals surface area contributed by atoms with E-state index in [1.54, 1.807) is 39.0 Å². The summed E-state index contributed by atoms with van der Waals surface area (Å²) in [6, 6.07) is 8.82. The second kappa shape index (κ2) is 8.48. The van der Waals surface area contributed by atoms with Crippen LogP contribution in [0.4, 0.5) is 0 Å². The molecule has 8 heteroatoms. The summed E-state index contributed by atoms with van der Waals surface area (Å²) in [5.41, 5.74) is 1.99. The number of carbonyl (C=O) groups excluding carboxylic acids is 1. The molecule has 0 spiro atoms. The van der Waals surface area contributed by atoms with Gasteiger partial charge in [-0.15, -0.1) is 0 Å². The molecule has 3 aromatic heterocycles. The molecule has 0 atom stereocenters. The van der Waals surface area contributed by atoms with Gasteiger partial charge in [0.2, 0.25) is 5.78 Å². The Balaban J connectivity index is 2.29. The Morgan fingerprint density at radius 2 is 1.77 bits per heavy atom. The topological polar surface area (TPSA) is 121 Å². The fourth-order valence-corrected chi connectivity index (χ4v) is 3.64. The fourth-order valence-electron chi connectivity index (χ4n) is 3.64. The molecule has 0 bridgehead atoms. The van der Waals surface area contributed by atoms with Gasteiger partial charge in [0.1, 0.15) is 23.2 Å². The van der Waals surface area contributed by atoms with Crippen molar-refractivity contribution in [3.05, 3.63) is 90.3 Å². The van der Waals surface area contributed by atoms with Crippen LogP contribution in [0.3, 0.4) is 0 Å². The van der Waals surface area contributed by atoms with Crippen molar-refractivity contribution in [3.63, 3.8) is 0 Å². The summed E-state index contributed by atoms with van der Waals surface area (Å²) >= 11 is 0. The van der Waals surface area contributed by atoms with Gasteiger partial charge in [-0.25, -0.2) is 14.8 Å². The minimum atomic E-state index is -0.719. The number of carbonyl (C=O) groups is 1. The zero-order chi connectivity index (χ0) is 22.9. The highest BCUT2D eigenvalue weighted by Gasteiger charge is 2.26. The van der Waals surface area contributed by atoms with Crippen LogP contribution in [0, 0.1) is 32.1 Å². The Morgan fingerprint density at radius 3 is 2.39 bits per heavy atom. The van der Waals surface area contributed by atoms with E-state index < -0.39 is 17.0 Å². The third-order valence-corrected chi connectivity index (χ3v) is 4.82. The van der Waals surface area contributed by atoms with Gasteiger partial charge in [-0.2, -0.15) is 5.26 Å². The van der Waals surface area contributed by atoms with Gasteiger partial charge < -0.3 is 0 Å². The van der Waals surface area contributed by atoms with Crippen molar-refractivity contribution in [3.8, 4) is 6.07 Å². The van der Waals surface area contributed by atoms with Crippen molar-refractivity contribution in [1.29, 1.82) is 5.26 Å². The number of H-pyrrole nitrogens is 1. The molecule has 0 radical (unpaired) electrons. The number of rotatable bonds is 5. The monoisotopic (exact) mass is 417 g/mol. The molecule has 0 fully saturated rings. The summed E-state index contributed by atoms with van der Waals surface area (Å²) in [5, 5.41) is 9.21. The number of aromatic amines is 1. The van der Waals surface area contributed by atoms with Crippen LogP contribution in [0.15, 0.2) is 33.9 Å². The van der Waals surface area contributed by atoms with Crippen molar-refractivity contribution in [2.45, 2.75) is 47.1 Å². The number of aromatic nitrogens is 4. The molecule has 0 saturated heterocycles. The Hall–Kier alpha value is -3.86. The maximum atomic E-state index is 13.5. The lowest BCUT2D eigenvalue weighted by Gasteiger charge is -2.17. The number of ketones is 1. The number of aryl methyl sites for hydroxylation is 3. The zero-order valence-electron chi connectivity index (χ0n) is 18.1. The molecule has 158 valence electrons. The molecular formula is C23H23N5O3. The molecule has 0 amide bonds. The number of pyridine rings is 2. The first-order chi connectivity index (χ1) is 14.6. The first-order valence-electron chi connectivity index (χ1n) is 9.85. The molecule has 8 nitrogen and oxygen atoms in total. The molecule has 0 aliphatic rings. The molecule has 3 rings (SSSR count). The van der Waals surface area contributed by atoms with Crippen LogP contribution in [0.2, 0.25) is 0 Å². The number of nitrogens with zero attached hydrogens (tertiary/aromatic N) is 4. The minimum absolute atomic E-state index is 0.0111. The number of hydrogen-bond donors (Lipinski definition) is 1. The van der Waals surface area contributed by atoms with Crippen molar-refractivity contribution < 1.29 is 4.79 Å². The van der Waals surface area contributed by atoms with Crippen LogP contribution in [-0.2, 0) is 6.54 Å². The zero-order valence-corrected chi connectivity index (χ0v) is 18.1.